The van der Waals surface area contributed by atoms with Gasteiger partial charge in [-0.15, -0.1) is 0 Å². The molecule has 0 saturated carbocycles. The van der Waals surface area contributed by atoms with Crippen molar-refractivity contribution in [2.75, 3.05) is 25.1 Å². The minimum atomic E-state index is -0.767. The van der Waals surface area contributed by atoms with Crippen LogP contribution in [0.1, 0.15) is 33.1 Å². The van der Waals surface area contributed by atoms with Crippen molar-refractivity contribution in [3.8, 4) is 0 Å². The van der Waals surface area contributed by atoms with E-state index in [1.807, 2.05) is 0 Å². The Hall–Kier alpha value is -0.420. The summed E-state index contributed by atoms with van der Waals surface area (Å²) in [5.41, 5.74) is 0.0237. The number of hydrogen-bond donors (Lipinski definition) is 2. The first kappa shape index (κ1) is 14.6. The van der Waals surface area contributed by atoms with Crippen LogP contribution in [-0.4, -0.2) is 41.3 Å². The first-order chi connectivity index (χ1) is 7.93. The van der Waals surface area contributed by atoms with Crippen molar-refractivity contribution in [3.63, 3.8) is 0 Å². The molecule has 1 rings (SSSR count). The van der Waals surface area contributed by atoms with Crippen LogP contribution in [0.25, 0.3) is 0 Å². The lowest BCUT2D eigenvalue weighted by Gasteiger charge is -2.38. The van der Waals surface area contributed by atoms with Gasteiger partial charge in [0.05, 0.1) is 6.04 Å². The van der Waals surface area contributed by atoms with Crippen LogP contribution in [0, 0.1) is 5.41 Å². The molecule has 17 heavy (non-hydrogen) atoms. The molecule has 1 saturated heterocycles. The van der Waals surface area contributed by atoms with Crippen molar-refractivity contribution in [1.82, 2.24) is 10.6 Å². The van der Waals surface area contributed by atoms with E-state index in [4.69, 9.17) is 0 Å². The van der Waals surface area contributed by atoms with E-state index in [0.29, 0.717) is 12.3 Å². The van der Waals surface area contributed by atoms with E-state index in [1.165, 1.54) is 0 Å². The fourth-order valence-electron chi connectivity index (χ4n) is 2.25. The highest BCUT2D eigenvalue weighted by Gasteiger charge is 2.36. The molecular weight excluding hydrogens is 236 g/mol. The number of nitrogens with one attached hydrogen (secondary N) is 2. The zero-order valence-electron chi connectivity index (χ0n) is 11.0. The number of hydrogen-bond acceptors (Lipinski definition) is 3. The molecule has 2 N–H and O–H groups in total. The van der Waals surface area contributed by atoms with E-state index >= 15 is 0 Å². The number of carbonyl (C=O) groups excluding carboxylic acids is 1. The summed E-state index contributed by atoms with van der Waals surface area (Å²) in [6, 6.07) is -0.0941. The van der Waals surface area contributed by atoms with Gasteiger partial charge in [-0.05, 0) is 31.2 Å². The molecule has 0 aliphatic carbocycles. The van der Waals surface area contributed by atoms with Crippen molar-refractivity contribution >= 4 is 16.7 Å². The molecule has 1 aliphatic heterocycles. The van der Waals surface area contributed by atoms with Crippen LogP contribution in [0.2, 0.25) is 0 Å². The molecule has 1 fully saturated rings. The third kappa shape index (κ3) is 4.76. The Morgan fingerprint density at radius 3 is 2.82 bits per heavy atom. The molecule has 5 heteroatoms. The predicted molar refractivity (Wildman–Crippen MR) is 71.4 cm³/mol. The van der Waals surface area contributed by atoms with Crippen molar-refractivity contribution in [2.24, 2.45) is 5.41 Å². The molecule has 2 atom stereocenters. The van der Waals surface area contributed by atoms with Gasteiger partial charge in [0, 0.05) is 29.4 Å². The van der Waals surface area contributed by atoms with Gasteiger partial charge in [0.1, 0.15) is 0 Å². The van der Waals surface area contributed by atoms with E-state index in [9.17, 15) is 9.00 Å². The maximum Gasteiger partial charge on any atom is 0.237 e. The number of carbonyl (C=O) groups is 1. The van der Waals surface area contributed by atoms with Crippen LogP contribution < -0.4 is 10.6 Å². The Bertz CT molecular complexity index is 292. The summed E-state index contributed by atoms with van der Waals surface area (Å²) < 4.78 is 10.9. The third-order valence-corrected chi connectivity index (χ3v) is 4.16. The zero-order chi connectivity index (χ0) is 12.9. The van der Waals surface area contributed by atoms with Crippen LogP contribution in [0.4, 0.5) is 0 Å². The topological polar surface area (TPSA) is 58.2 Å². The Balaban J connectivity index is 2.33. The standard InChI is InChI=1S/C12H24N2O2S/c1-12(2)6-4-7-13-10(12)11(15)14-8-5-9-17(3)16/h10,13H,4-9H2,1-3H3,(H,14,15). The molecule has 0 aromatic heterocycles. The highest BCUT2D eigenvalue weighted by molar-refractivity contribution is 7.84. The molecule has 1 aliphatic rings. The van der Waals surface area contributed by atoms with E-state index in [0.717, 1.165) is 25.8 Å². The SMILES string of the molecule is CS(=O)CCCNC(=O)C1NCCCC1(C)C. The normalized spacial score (nSPS) is 25.2. The summed E-state index contributed by atoms with van der Waals surface area (Å²) >= 11 is 0. The van der Waals surface area contributed by atoms with Crippen LogP contribution in [0.5, 0.6) is 0 Å². The third-order valence-electron chi connectivity index (χ3n) is 3.30. The average Bonchev–Trinajstić information content (AvgIpc) is 2.23. The van der Waals surface area contributed by atoms with Gasteiger partial charge in [0.15, 0.2) is 0 Å². The van der Waals surface area contributed by atoms with E-state index in [-0.39, 0.29) is 17.4 Å². The molecule has 0 spiro atoms. The van der Waals surface area contributed by atoms with Crippen LogP contribution in [-0.2, 0) is 15.6 Å². The number of piperidine rings is 1. The van der Waals surface area contributed by atoms with Crippen LogP contribution in [0.15, 0.2) is 0 Å². The zero-order valence-corrected chi connectivity index (χ0v) is 11.9. The quantitative estimate of drug-likeness (QED) is 0.714. The lowest BCUT2D eigenvalue weighted by molar-refractivity contribution is -0.126. The first-order valence-corrected chi connectivity index (χ1v) is 7.97. The van der Waals surface area contributed by atoms with E-state index in [1.54, 1.807) is 6.26 Å². The largest absolute Gasteiger partial charge is 0.355 e. The fourth-order valence-corrected chi connectivity index (χ4v) is 2.80. The minimum Gasteiger partial charge on any atom is -0.355 e. The summed E-state index contributed by atoms with van der Waals surface area (Å²) in [5, 5.41) is 6.21. The minimum absolute atomic E-state index is 0.0237. The van der Waals surface area contributed by atoms with E-state index < -0.39 is 10.8 Å². The second-order valence-electron chi connectivity index (χ2n) is 5.40. The summed E-state index contributed by atoms with van der Waals surface area (Å²) in [6.45, 7) is 5.79. The second-order valence-corrected chi connectivity index (χ2v) is 6.96. The van der Waals surface area contributed by atoms with E-state index in [2.05, 4.69) is 24.5 Å². The average molecular weight is 260 g/mol. The Morgan fingerprint density at radius 1 is 1.53 bits per heavy atom. The molecule has 0 aromatic rings. The Morgan fingerprint density at radius 2 is 2.24 bits per heavy atom. The fraction of sp³-hybridized carbons (Fsp3) is 0.917. The summed E-state index contributed by atoms with van der Waals surface area (Å²) in [7, 11) is -0.767. The number of rotatable bonds is 5. The molecule has 0 bridgehead atoms. The lowest BCUT2D eigenvalue weighted by atomic mass is 9.77. The van der Waals surface area contributed by atoms with Crippen LogP contribution >= 0.6 is 0 Å². The maximum absolute atomic E-state index is 12.0. The van der Waals surface area contributed by atoms with Crippen molar-refractivity contribution in [1.29, 1.82) is 0 Å². The molecule has 100 valence electrons. The molecule has 2 unspecified atom stereocenters. The van der Waals surface area contributed by atoms with Crippen LogP contribution in [0.3, 0.4) is 0 Å². The van der Waals surface area contributed by atoms with Gasteiger partial charge < -0.3 is 10.6 Å². The lowest BCUT2D eigenvalue weighted by Crippen LogP contribution is -2.55. The molecule has 0 radical (unpaired) electrons. The molecule has 4 nitrogen and oxygen atoms in total. The van der Waals surface area contributed by atoms with Gasteiger partial charge >= 0.3 is 0 Å². The monoisotopic (exact) mass is 260 g/mol. The van der Waals surface area contributed by atoms with Gasteiger partial charge in [-0.2, -0.15) is 0 Å². The maximum atomic E-state index is 12.0. The predicted octanol–water partition coefficient (Wildman–Crippen LogP) is 0.649. The highest BCUT2D eigenvalue weighted by atomic mass is 32.2. The summed E-state index contributed by atoms with van der Waals surface area (Å²) in [4.78, 5) is 12.0. The molecule has 1 amide bonds. The Labute approximate surface area is 106 Å². The van der Waals surface area contributed by atoms with Gasteiger partial charge in [0.2, 0.25) is 5.91 Å². The van der Waals surface area contributed by atoms with Crippen molar-refractivity contribution in [2.45, 2.75) is 39.2 Å². The van der Waals surface area contributed by atoms with Gasteiger partial charge in [-0.1, -0.05) is 13.8 Å². The smallest absolute Gasteiger partial charge is 0.237 e. The molecule has 0 aromatic carbocycles. The highest BCUT2D eigenvalue weighted by Crippen LogP contribution is 2.29. The van der Waals surface area contributed by atoms with Crippen molar-refractivity contribution in [3.05, 3.63) is 0 Å². The molecule has 1 heterocycles. The summed E-state index contributed by atoms with van der Waals surface area (Å²) in [6.07, 6.45) is 4.68. The van der Waals surface area contributed by atoms with Gasteiger partial charge in [0.25, 0.3) is 0 Å². The first-order valence-electron chi connectivity index (χ1n) is 6.24. The number of amides is 1. The Kier molecular flexibility index (Phi) is 5.59. The summed E-state index contributed by atoms with van der Waals surface area (Å²) in [5.74, 6) is 0.735. The van der Waals surface area contributed by atoms with Gasteiger partial charge in [-0.25, -0.2) is 0 Å². The van der Waals surface area contributed by atoms with Crippen molar-refractivity contribution < 1.29 is 9.00 Å². The molecular formula is C12H24N2O2S. The van der Waals surface area contributed by atoms with Gasteiger partial charge in [-0.3, -0.25) is 9.00 Å². The second kappa shape index (κ2) is 6.50.